The molecule has 0 N–H and O–H groups in total. The molecule has 12 heavy (non-hydrogen) atoms. The summed E-state index contributed by atoms with van der Waals surface area (Å²) in [6.07, 6.45) is 1.84. The van der Waals surface area contributed by atoms with Crippen molar-refractivity contribution >= 4 is 11.9 Å². The number of nitrogens with zero attached hydrogens (tertiary/aromatic N) is 1. The van der Waals surface area contributed by atoms with Crippen molar-refractivity contribution in [1.29, 1.82) is 0 Å². The van der Waals surface area contributed by atoms with Crippen molar-refractivity contribution in [3.05, 3.63) is 28.8 Å². The van der Waals surface area contributed by atoms with E-state index in [0.29, 0.717) is 0 Å². The van der Waals surface area contributed by atoms with E-state index in [1.54, 1.807) is 0 Å². The number of hydrogen-bond acceptors (Lipinski definition) is 1. The molecule has 0 amide bonds. The standard InChI is InChI=1S/C11H15N/c1-5-12-11-9(3)6-8(2)7-10(11)4/h5-7H,1-4H3. The summed E-state index contributed by atoms with van der Waals surface area (Å²) in [5, 5.41) is 0. The van der Waals surface area contributed by atoms with Gasteiger partial charge in [-0.25, -0.2) is 0 Å². The molecule has 0 aromatic heterocycles. The molecule has 1 heteroatoms. The van der Waals surface area contributed by atoms with Crippen LogP contribution < -0.4 is 0 Å². The molecule has 0 aliphatic heterocycles. The van der Waals surface area contributed by atoms with Gasteiger partial charge in [0.2, 0.25) is 0 Å². The van der Waals surface area contributed by atoms with Crippen molar-refractivity contribution in [2.45, 2.75) is 27.7 Å². The Balaban J connectivity index is 3.28. The van der Waals surface area contributed by atoms with E-state index in [9.17, 15) is 0 Å². The van der Waals surface area contributed by atoms with Crippen molar-refractivity contribution < 1.29 is 0 Å². The molecule has 0 bridgehead atoms. The smallest absolute Gasteiger partial charge is 0.0684 e. The van der Waals surface area contributed by atoms with Crippen LogP contribution in [-0.4, -0.2) is 6.21 Å². The van der Waals surface area contributed by atoms with Gasteiger partial charge in [0.15, 0.2) is 0 Å². The van der Waals surface area contributed by atoms with Crippen LogP contribution in [0.2, 0.25) is 0 Å². The Hall–Kier alpha value is -1.11. The van der Waals surface area contributed by atoms with Crippen LogP contribution in [-0.2, 0) is 0 Å². The van der Waals surface area contributed by atoms with Crippen molar-refractivity contribution in [2.75, 3.05) is 0 Å². The molecular weight excluding hydrogens is 146 g/mol. The highest BCUT2D eigenvalue weighted by atomic mass is 14.7. The molecule has 0 spiro atoms. The van der Waals surface area contributed by atoms with E-state index in [1.807, 2.05) is 13.1 Å². The zero-order valence-electron chi connectivity index (χ0n) is 8.18. The lowest BCUT2D eigenvalue weighted by molar-refractivity contribution is 1.29. The van der Waals surface area contributed by atoms with Gasteiger partial charge in [0, 0.05) is 6.21 Å². The molecule has 0 atom stereocenters. The van der Waals surface area contributed by atoms with Gasteiger partial charge in [-0.3, -0.25) is 4.99 Å². The van der Waals surface area contributed by atoms with Crippen LogP contribution in [0.5, 0.6) is 0 Å². The van der Waals surface area contributed by atoms with Gasteiger partial charge in [-0.2, -0.15) is 0 Å². The molecule has 0 saturated carbocycles. The highest BCUT2D eigenvalue weighted by Crippen LogP contribution is 2.24. The van der Waals surface area contributed by atoms with Crippen LogP contribution in [0.4, 0.5) is 5.69 Å². The van der Waals surface area contributed by atoms with E-state index in [1.165, 1.54) is 16.7 Å². The molecular formula is C11H15N. The average Bonchev–Trinajstić information content (AvgIpc) is 1.96. The van der Waals surface area contributed by atoms with Gasteiger partial charge in [-0.05, 0) is 38.8 Å². The molecule has 64 valence electrons. The van der Waals surface area contributed by atoms with E-state index in [2.05, 4.69) is 37.9 Å². The van der Waals surface area contributed by atoms with E-state index in [-0.39, 0.29) is 0 Å². The van der Waals surface area contributed by atoms with Gasteiger partial charge in [0.1, 0.15) is 0 Å². The highest BCUT2D eigenvalue weighted by molar-refractivity contribution is 5.65. The van der Waals surface area contributed by atoms with Crippen molar-refractivity contribution in [3.8, 4) is 0 Å². The summed E-state index contributed by atoms with van der Waals surface area (Å²) in [6, 6.07) is 4.32. The summed E-state index contributed by atoms with van der Waals surface area (Å²) in [6.45, 7) is 8.25. The molecule has 0 heterocycles. The fourth-order valence-electron chi connectivity index (χ4n) is 1.51. The first kappa shape index (κ1) is 8.98. The molecule has 0 aliphatic rings. The fraction of sp³-hybridized carbons (Fsp3) is 0.364. The van der Waals surface area contributed by atoms with Crippen LogP contribution in [0.3, 0.4) is 0 Å². The number of aliphatic imine (C=N–C) groups is 1. The Morgan fingerprint density at radius 2 is 1.58 bits per heavy atom. The highest BCUT2D eigenvalue weighted by Gasteiger charge is 1.99. The maximum absolute atomic E-state index is 4.32. The van der Waals surface area contributed by atoms with Crippen LogP contribution >= 0.6 is 0 Å². The molecule has 1 rings (SSSR count). The average molecular weight is 161 g/mol. The monoisotopic (exact) mass is 161 g/mol. The lowest BCUT2D eigenvalue weighted by Crippen LogP contribution is -1.83. The Bertz CT molecular complexity index is 288. The number of hydrogen-bond donors (Lipinski definition) is 0. The molecule has 1 aromatic rings. The minimum atomic E-state index is 1.11. The van der Waals surface area contributed by atoms with Crippen LogP contribution in [0.1, 0.15) is 23.6 Å². The summed E-state index contributed by atoms with van der Waals surface area (Å²) in [7, 11) is 0. The zero-order chi connectivity index (χ0) is 9.14. The largest absolute Gasteiger partial charge is 0.261 e. The third-order valence-electron chi connectivity index (χ3n) is 1.89. The van der Waals surface area contributed by atoms with Gasteiger partial charge in [-0.1, -0.05) is 17.7 Å². The van der Waals surface area contributed by atoms with E-state index in [0.717, 1.165) is 5.69 Å². The minimum Gasteiger partial charge on any atom is -0.261 e. The van der Waals surface area contributed by atoms with Crippen molar-refractivity contribution in [1.82, 2.24) is 0 Å². The van der Waals surface area contributed by atoms with Gasteiger partial charge in [0.25, 0.3) is 0 Å². The summed E-state index contributed by atoms with van der Waals surface area (Å²) in [5.74, 6) is 0. The minimum absolute atomic E-state index is 1.11. The number of benzene rings is 1. The Labute approximate surface area is 74.2 Å². The first-order chi connectivity index (χ1) is 5.65. The van der Waals surface area contributed by atoms with Gasteiger partial charge < -0.3 is 0 Å². The SMILES string of the molecule is CC=Nc1c(C)cc(C)cc1C. The Morgan fingerprint density at radius 3 is 2.00 bits per heavy atom. The maximum atomic E-state index is 4.32. The first-order valence-electron chi connectivity index (χ1n) is 4.21. The van der Waals surface area contributed by atoms with Crippen LogP contribution in [0.25, 0.3) is 0 Å². The second kappa shape index (κ2) is 3.53. The fourth-order valence-corrected chi connectivity index (χ4v) is 1.51. The predicted octanol–water partition coefficient (Wildman–Crippen LogP) is 3.33. The van der Waals surface area contributed by atoms with E-state index in [4.69, 9.17) is 0 Å². The number of rotatable bonds is 1. The lowest BCUT2D eigenvalue weighted by Gasteiger charge is -2.05. The molecule has 0 unspecified atom stereocenters. The van der Waals surface area contributed by atoms with Gasteiger partial charge in [0.05, 0.1) is 5.69 Å². The molecule has 0 aliphatic carbocycles. The van der Waals surface area contributed by atoms with Crippen LogP contribution in [0, 0.1) is 20.8 Å². The topological polar surface area (TPSA) is 12.4 Å². The molecule has 0 saturated heterocycles. The first-order valence-corrected chi connectivity index (χ1v) is 4.21. The molecule has 1 aromatic carbocycles. The summed E-state index contributed by atoms with van der Waals surface area (Å²) in [4.78, 5) is 4.32. The molecule has 0 fully saturated rings. The van der Waals surface area contributed by atoms with Crippen LogP contribution in [0.15, 0.2) is 17.1 Å². The van der Waals surface area contributed by atoms with Crippen molar-refractivity contribution in [3.63, 3.8) is 0 Å². The Kier molecular flexibility index (Phi) is 2.64. The predicted molar refractivity (Wildman–Crippen MR) is 54.5 cm³/mol. The third kappa shape index (κ3) is 1.73. The summed E-state index contributed by atoms with van der Waals surface area (Å²) in [5.41, 5.74) is 4.93. The van der Waals surface area contributed by atoms with Crippen molar-refractivity contribution in [2.24, 2.45) is 4.99 Å². The van der Waals surface area contributed by atoms with Gasteiger partial charge >= 0.3 is 0 Å². The lowest BCUT2D eigenvalue weighted by atomic mass is 10.1. The molecule has 1 nitrogen and oxygen atoms in total. The van der Waals surface area contributed by atoms with E-state index >= 15 is 0 Å². The Morgan fingerprint density at radius 1 is 1.08 bits per heavy atom. The van der Waals surface area contributed by atoms with Gasteiger partial charge in [-0.15, -0.1) is 0 Å². The summed E-state index contributed by atoms with van der Waals surface area (Å²) >= 11 is 0. The maximum Gasteiger partial charge on any atom is 0.0684 e. The quantitative estimate of drug-likeness (QED) is 0.560. The van der Waals surface area contributed by atoms with E-state index < -0.39 is 0 Å². The summed E-state index contributed by atoms with van der Waals surface area (Å²) < 4.78 is 0. The second-order valence-electron chi connectivity index (χ2n) is 3.13. The number of aryl methyl sites for hydroxylation is 3. The zero-order valence-corrected chi connectivity index (χ0v) is 8.18. The normalized spacial score (nSPS) is 11.0. The third-order valence-corrected chi connectivity index (χ3v) is 1.89. The molecule has 0 radical (unpaired) electrons. The second-order valence-corrected chi connectivity index (χ2v) is 3.13.